The molecule has 1 aliphatic heterocycles. The van der Waals surface area contributed by atoms with Gasteiger partial charge < -0.3 is 5.32 Å². The Balaban J connectivity index is 1.94. The normalized spacial score (nSPS) is 14.5. The zero-order chi connectivity index (χ0) is 14.9. The first-order chi connectivity index (χ1) is 10.1. The fourth-order valence-corrected chi connectivity index (χ4v) is 3.88. The van der Waals surface area contributed by atoms with Gasteiger partial charge in [0.05, 0.1) is 10.6 Å². The number of benzene rings is 2. The van der Waals surface area contributed by atoms with Crippen LogP contribution in [-0.2, 0) is 23.0 Å². The minimum Gasteiger partial charge on any atom is -0.312 e. The fourth-order valence-electron chi connectivity index (χ4n) is 2.43. The molecule has 2 aromatic rings. The van der Waals surface area contributed by atoms with Gasteiger partial charge in [-0.05, 0) is 77.0 Å². The van der Waals surface area contributed by atoms with Crippen LogP contribution >= 0.6 is 22.6 Å². The van der Waals surface area contributed by atoms with E-state index in [2.05, 4.69) is 38.7 Å². The lowest BCUT2D eigenvalue weighted by Crippen LogP contribution is -2.25. The van der Waals surface area contributed by atoms with Crippen LogP contribution in [0, 0.1) is 3.57 Å². The van der Waals surface area contributed by atoms with Gasteiger partial charge in [-0.25, -0.2) is 8.42 Å². The SMILES string of the molecule is O=S(=O)(Nc1cccc2c1CNCC2)c1ccc(I)cc1. The summed E-state index contributed by atoms with van der Waals surface area (Å²) in [5, 5.41) is 3.28. The monoisotopic (exact) mass is 414 g/mol. The third-order valence-electron chi connectivity index (χ3n) is 3.51. The smallest absolute Gasteiger partial charge is 0.261 e. The molecule has 0 aromatic heterocycles. The topological polar surface area (TPSA) is 58.2 Å². The summed E-state index contributed by atoms with van der Waals surface area (Å²) < 4.78 is 28.6. The van der Waals surface area contributed by atoms with Crippen molar-refractivity contribution in [3.05, 3.63) is 57.2 Å². The molecule has 3 rings (SSSR count). The highest BCUT2D eigenvalue weighted by Crippen LogP contribution is 2.25. The van der Waals surface area contributed by atoms with Crippen molar-refractivity contribution in [3.8, 4) is 0 Å². The Morgan fingerprint density at radius 1 is 1.10 bits per heavy atom. The molecule has 1 heterocycles. The van der Waals surface area contributed by atoms with Crippen molar-refractivity contribution in [1.82, 2.24) is 5.32 Å². The van der Waals surface area contributed by atoms with Gasteiger partial charge >= 0.3 is 0 Å². The molecule has 0 atom stereocenters. The zero-order valence-corrected chi connectivity index (χ0v) is 14.2. The molecule has 110 valence electrons. The number of nitrogens with one attached hydrogen (secondary N) is 2. The summed E-state index contributed by atoms with van der Waals surface area (Å²) in [5.74, 6) is 0. The molecule has 2 aromatic carbocycles. The molecule has 0 aliphatic carbocycles. The predicted octanol–water partition coefficient (Wildman–Crippen LogP) is 2.74. The summed E-state index contributed by atoms with van der Waals surface area (Å²) in [6.45, 7) is 1.63. The van der Waals surface area contributed by atoms with Crippen LogP contribution in [0.5, 0.6) is 0 Å². The van der Waals surface area contributed by atoms with E-state index in [1.54, 1.807) is 24.3 Å². The van der Waals surface area contributed by atoms with Gasteiger partial charge in [0.2, 0.25) is 0 Å². The maximum Gasteiger partial charge on any atom is 0.261 e. The van der Waals surface area contributed by atoms with Gasteiger partial charge in [-0.1, -0.05) is 12.1 Å². The molecule has 4 nitrogen and oxygen atoms in total. The number of halogens is 1. The minimum atomic E-state index is -3.54. The van der Waals surface area contributed by atoms with E-state index in [0.717, 1.165) is 22.1 Å². The fraction of sp³-hybridized carbons (Fsp3) is 0.200. The first kappa shape index (κ1) is 14.8. The second-order valence-electron chi connectivity index (χ2n) is 4.93. The lowest BCUT2D eigenvalue weighted by atomic mass is 10.00. The van der Waals surface area contributed by atoms with Crippen molar-refractivity contribution < 1.29 is 8.42 Å². The number of sulfonamides is 1. The number of anilines is 1. The van der Waals surface area contributed by atoms with Crippen LogP contribution in [-0.4, -0.2) is 15.0 Å². The maximum absolute atomic E-state index is 12.5. The first-order valence-electron chi connectivity index (χ1n) is 6.66. The molecule has 0 spiro atoms. The predicted molar refractivity (Wildman–Crippen MR) is 91.8 cm³/mol. The van der Waals surface area contributed by atoms with Crippen LogP contribution in [0.3, 0.4) is 0 Å². The molecule has 0 saturated carbocycles. The van der Waals surface area contributed by atoms with E-state index in [4.69, 9.17) is 0 Å². The summed E-state index contributed by atoms with van der Waals surface area (Å²) in [6.07, 6.45) is 0.925. The van der Waals surface area contributed by atoms with E-state index in [-0.39, 0.29) is 4.90 Å². The number of rotatable bonds is 3. The third-order valence-corrected chi connectivity index (χ3v) is 5.61. The van der Waals surface area contributed by atoms with Crippen LogP contribution in [0.25, 0.3) is 0 Å². The Morgan fingerprint density at radius 2 is 1.86 bits per heavy atom. The molecule has 0 saturated heterocycles. The average Bonchev–Trinajstić information content (AvgIpc) is 2.48. The van der Waals surface area contributed by atoms with Gasteiger partial charge in [-0.15, -0.1) is 0 Å². The molecule has 0 fully saturated rings. The molecule has 2 N–H and O–H groups in total. The molecule has 6 heteroatoms. The van der Waals surface area contributed by atoms with Crippen molar-refractivity contribution in [3.63, 3.8) is 0 Å². The maximum atomic E-state index is 12.5. The van der Waals surface area contributed by atoms with Gasteiger partial charge in [0.25, 0.3) is 10.0 Å². The van der Waals surface area contributed by atoms with Crippen molar-refractivity contribution >= 4 is 38.3 Å². The van der Waals surface area contributed by atoms with Crippen LogP contribution in [0.2, 0.25) is 0 Å². The van der Waals surface area contributed by atoms with Crippen molar-refractivity contribution in [2.45, 2.75) is 17.9 Å². The van der Waals surface area contributed by atoms with E-state index >= 15 is 0 Å². The number of fused-ring (bicyclic) bond motifs is 1. The molecule has 0 unspecified atom stereocenters. The van der Waals surface area contributed by atoms with Crippen LogP contribution in [0.15, 0.2) is 47.4 Å². The Bertz CT molecular complexity index is 758. The molecular formula is C15H15IN2O2S. The highest BCUT2D eigenvalue weighted by molar-refractivity contribution is 14.1. The first-order valence-corrected chi connectivity index (χ1v) is 9.22. The molecule has 1 aliphatic rings. The second-order valence-corrected chi connectivity index (χ2v) is 7.86. The van der Waals surface area contributed by atoms with Gasteiger partial charge in [0, 0.05) is 10.1 Å². The standard InChI is InChI=1S/C15H15IN2O2S/c16-12-4-6-13(7-5-12)21(19,20)18-15-3-1-2-11-8-9-17-10-14(11)15/h1-7,17-18H,8-10H2. The average molecular weight is 414 g/mol. The van der Waals surface area contributed by atoms with Crippen molar-refractivity contribution in [2.24, 2.45) is 0 Å². The van der Waals surface area contributed by atoms with Crippen molar-refractivity contribution in [1.29, 1.82) is 0 Å². The molecule has 0 radical (unpaired) electrons. The summed E-state index contributed by atoms with van der Waals surface area (Å²) in [7, 11) is -3.54. The molecule has 0 bridgehead atoms. The lowest BCUT2D eigenvalue weighted by Gasteiger charge is -2.21. The van der Waals surface area contributed by atoms with Crippen LogP contribution in [0.4, 0.5) is 5.69 Å². The molecule has 21 heavy (non-hydrogen) atoms. The summed E-state index contributed by atoms with van der Waals surface area (Å²) in [5.41, 5.74) is 2.91. The Labute approximate surface area is 138 Å². The minimum absolute atomic E-state index is 0.282. The Kier molecular flexibility index (Phi) is 4.19. The van der Waals surface area contributed by atoms with E-state index in [9.17, 15) is 8.42 Å². The molecule has 0 amide bonds. The number of hydrogen-bond acceptors (Lipinski definition) is 3. The summed E-state index contributed by atoms with van der Waals surface area (Å²) >= 11 is 2.15. The second kappa shape index (κ2) is 5.94. The highest BCUT2D eigenvalue weighted by Gasteiger charge is 2.18. The van der Waals surface area contributed by atoms with Gasteiger partial charge in [0.1, 0.15) is 0 Å². The Hall–Kier alpha value is -1.12. The summed E-state index contributed by atoms with van der Waals surface area (Å²) in [4.78, 5) is 0.282. The zero-order valence-electron chi connectivity index (χ0n) is 11.3. The van der Waals surface area contributed by atoms with Crippen LogP contribution < -0.4 is 10.0 Å². The van der Waals surface area contributed by atoms with Gasteiger partial charge in [0.15, 0.2) is 0 Å². The van der Waals surface area contributed by atoms with Gasteiger partial charge in [-0.3, -0.25) is 4.72 Å². The van der Waals surface area contributed by atoms with Gasteiger partial charge in [-0.2, -0.15) is 0 Å². The van der Waals surface area contributed by atoms with Crippen LogP contribution in [0.1, 0.15) is 11.1 Å². The third kappa shape index (κ3) is 3.22. The van der Waals surface area contributed by atoms with E-state index in [1.807, 2.05) is 12.1 Å². The lowest BCUT2D eigenvalue weighted by molar-refractivity contribution is 0.600. The van der Waals surface area contributed by atoms with E-state index < -0.39 is 10.0 Å². The highest BCUT2D eigenvalue weighted by atomic mass is 127. The quantitative estimate of drug-likeness (QED) is 0.760. The number of hydrogen-bond donors (Lipinski definition) is 2. The summed E-state index contributed by atoms with van der Waals surface area (Å²) in [6, 6.07) is 12.6. The molecular weight excluding hydrogens is 399 g/mol. The largest absolute Gasteiger partial charge is 0.312 e. The Morgan fingerprint density at radius 3 is 2.62 bits per heavy atom. The van der Waals surface area contributed by atoms with E-state index in [1.165, 1.54) is 5.56 Å². The van der Waals surface area contributed by atoms with Crippen molar-refractivity contribution in [2.75, 3.05) is 11.3 Å². The van der Waals surface area contributed by atoms with E-state index in [0.29, 0.717) is 12.2 Å².